The third kappa shape index (κ3) is 4.18. The summed E-state index contributed by atoms with van der Waals surface area (Å²) in [4.78, 5) is 18.0. The molecule has 0 spiro atoms. The maximum Gasteiger partial charge on any atom is 0.573 e. The molecule has 3 aromatic rings. The van der Waals surface area contributed by atoms with Crippen LogP contribution in [0, 0.1) is 12.8 Å². The number of rotatable bonds is 6. The predicted molar refractivity (Wildman–Crippen MR) is 120 cm³/mol. The Balaban J connectivity index is 1.88. The zero-order valence-corrected chi connectivity index (χ0v) is 19.0. The minimum atomic E-state index is -4.82. The van der Waals surface area contributed by atoms with Crippen LogP contribution in [0.15, 0.2) is 53.6 Å². The summed E-state index contributed by atoms with van der Waals surface area (Å²) in [7, 11) is 1.79. The minimum absolute atomic E-state index is 0.0721. The number of imidazole rings is 1. The number of ether oxygens (including phenoxy) is 1. The molecule has 1 aromatic carbocycles. The van der Waals surface area contributed by atoms with Crippen LogP contribution in [0.25, 0.3) is 5.69 Å². The van der Waals surface area contributed by atoms with Crippen LogP contribution >= 0.6 is 0 Å². The van der Waals surface area contributed by atoms with Gasteiger partial charge < -0.3 is 9.84 Å². The van der Waals surface area contributed by atoms with Gasteiger partial charge in [0.05, 0.1) is 11.4 Å². The second-order valence-corrected chi connectivity index (χ2v) is 8.49. The van der Waals surface area contributed by atoms with Gasteiger partial charge in [-0.05, 0) is 68.8 Å². The Morgan fingerprint density at radius 3 is 2.24 bits per heavy atom. The summed E-state index contributed by atoms with van der Waals surface area (Å²) in [5.41, 5.74) is -0.0314. The number of alkyl halides is 3. The molecular formula is C24H27F3N4O3. The highest BCUT2D eigenvalue weighted by molar-refractivity contribution is 5.42. The SMILES string of the molecule is CNC(c1ccncc1)(C1CCCCC1)n1c(C)c(O)n(-c2ccc(OC(F)(F)F)cc2)c1=O. The molecule has 1 aliphatic carbocycles. The van der Waals surface area contributed by atoms with Crippen molar-refractivity contribution in [2.75, 3.05) is 7.05 Å². The zero-order chi connectivity index (χ0) is 24.5. The lowest BCUT2D eigenvalue weighted by Crippen LogP contribution is -2.57. The smallest absolute Gasteiger partial charge is 0.493 e. The zero-order valence-electron chi connectivity index (χ0n) is 19.0. The van der Waals surface area contributed by atoms with Crippen LogP contribution in [0.3, 0.4) is 0 Å². The average molecular weight is 476 g/mol. The lowest BCUT2D eigenvalue weighted by molar-refractivity contribution is -0.274. The normalized spacial score (nSPS) is 16.9. The van der Waals surface area contributed by atoms with E-state index in [2.05, 4.69) is 15.0 Å². The number of halogens is 3. The summed E-state index contributed by atoms with van der Waals surface area (Å²) in [6.07, 6.45) is 3.48. The Hall–Kier alpha value is -3.27. The Labute approximate surface area is 194 Å². The largest absolute Gasteiger partial charge is 0.573 e. The molecule has 1 atom stereocenters. The molecule has 2 N–H and O–H groups in total. The number of nitrogens with one attached hydrogen (secondary N) is 1. The van der Waals surface area contributed by atoms with Gasteiger partial charge in [-0.15, -0.1) is 13.2 Å². The van der Waals surface area contributed by atoms with E-state index in [0.717, 1.165) is 54.4 Å². The first-order valence-electron chi connectivity index (χ1n) is 11.2. The molecule has 182 valence electrons. The fourth-order valence-electron chi connectivity index (χ4n) is 5.17. The van der Waals surface area contributed by atoms with Gasteiger partial charge in [0.25, 0.3) is 0 Å². The number of pyridine rings is 1. The Morgan fingerprint density at radius 1 is 1.06 bits per heavy atom. The number of aromatic nitrogens is 3. The Bertz CT molecular complexity index is 1180. The van der Waals surface area contributed by atoms with Crippen molar-refractivity contribution >= 4 is 0 Å². The lowest BCUT2D eigenvalue weighted by Gasteiger charge is -2.44. The van der Waals surface area contributed by atoms with Crippen molar-refractivity contribution < 1.29 is 23.0 Å². The molecule has 0 amide bonds. The predicted octanol–water partition coefficient (Wildman–Crippen LogP) is 4.45. The first-order valence-corrected chi connectivity index (χ1v) is 11.2. The van der Waals surface area contributed by atoms with Crippen LogP contribution in [0.1, 0.15) is 43.4 Å². The van der Waals surface area contributed by atoms with Gasteiger partial charge in [-0.2, -0.15) is 0 Å². The van der Waals surface area contributed by atoms with Crippen molar-refractivity contribution in [2.24, 2.45) is 5.92 Å². The molecule has 1 fully saturated rings. The van der Waals surface area contributed by atoms with E-state index in [1.54, 1.807) is 30.9 Å². The molecule has 1 aliphatic rings. The molecular weight excluding hydrogens is 449 g/mol. The van der Waals surface area contributed by atoms with Crippen molar-refractivity contribution in [1.82, 2.24) is 19.4 Å². The van der Waals surface area contributed by atoms with Gasteiger partial charge in [0.1, 0.15) is 11.4 Å². The van der Waals surface area contributed by atoms with Crippen molar-refractivity contribution in [1.29, 1.82) is 0 Å². The van der Waals surface area contributed by atoms with Crippen molar-refractivity contribution in [3.63, 3.8) is 0 Å². The lowest BCUT2D eigenvalue weighted by atomic mass is 9.76. The van der Waals surface area contributed by atoms with Crippen LogP contribution in [0.4, 0.5) is 13.2 Å². The minimum Gasteiger partial charge on any atom is -0.493 e. The summed E-state index contributed by atoms with van der Waals surface area (Å²) in [6.45, 7) is 1.66. The second kappa shape index (κ2) is 9.17. The van der Waals surface area contributed by atoms with Crippen LogP contribution in [-0.2, 0) is 5.66 Å². The maximum absolute atomic E-state index is 13.8. The maximum atomic E-state index is 13.8. The van der Waals surface area contributed by atoms with E-state index in [1.165, 1.54) is 12.1 Å². The van der Waals surface area contributed by atoms with E-state index in [4.69, 9.17) is 0 Å². The van der Waals surface area contributed by atoms with Crippen molar-refractivity contribution in [3.8, 4) is 17.3 Å². The van der Waals surface area contributed by atoms with Gasteiger partial charge >= 0.3 is 12.1 Å². The van der Waals surface area contributed by atoms with E-state index in [-0.39, 0.29) is 17.5 Å². The quantitative estimate of drug-likeness (QED) is 0.550. The number of hydrogen-bond acceptors (Lipinski definition) is 5. The standard InChI is InChI=1S/C24H27F3N4O3/c1-16-21(32)30(19-8-10-20(11-9-19)34-24(25,26)27)22(33)31(16)23(28-2,17-6-4-3-5-7-17)18-12-14-29-15-13-18/h8-15,17,28,32H,3-7H2,1-2H3. The highest BCUT2D eigenvalue weighted by atomic mass is 19.4. The first-order chi connectivity index (χ1) is 16.2. The molecule has 1 unspecified atom stereocenters. The van der Waals surface area contributed by atoms with E-state index >= 15 is 0 Å². The molecule has 7 nitrogen and oxygen atoms in total. The van der Waals surface area contributed by atoms with Crippen molar-refractivity contribution in [3.05, 3.63) is 70.5 Å². The topological polar surface area (TPSA) is 81.3 Å². The van der Waals surface area contributed by atoms with Crippen LogP contribution < -0.4 is 15.7 Å². The third-order valence-corrected chi connectivity index (χ3v) is 6.63. The molecule has 34 heavy (non-hydrogen) atoms. The molecule has 1 saturated carbocycles. The summed E-state index contributed by atoms with van der Waals surface area (Å²) < 4.78 is 44.2. The van der Waals surface area contributed by atoms with Gasteiger partial charge in [-0.1, -0.05) is 19.3 Å². The van der Waals surface area contributed by atoms with Crippen molar-refractivity contribution in [2.45, 2.75) is 51.1 Å². The molecule has 2 aromatic heterocycles. The van der Waals surface area contributed by atoms with E-state index in [9.17, 15) is 23.1 Å². The molecule has 10 heteroatoms. The van der Waals surface area contributed by atoms with E-state index in [0.29, 0.717) is 5.69 Å². The third-order valence-electron chi connectivity index (χ3n) is 6.63. The molecule has 4 rings (SSSR count). The molecule has 0 saturated heterocycles. The summed E-state index contributed by atoms with van der Waals surface area (Å²) >= 11 is 0. The van der Waals surface area contributed by atoms with Crippen LogP contribution in [-0.4, -0.2) is 32.6 Å². The number of benzene rings is 1. The highest BCUT2D eigenvalue weighted by Crippen LogP contribution is 2.41. The van der Waals surface area contributed by atoms with E-state index in [1.807, 2.05) is 12.1 Å². The number of aromatic hydroxyl groups is 1. The van der Waals surface area contributed by atoms with Gasteiger partial charge in [0, 0.05) is 18.3 Å². The van der Waals surface area contributed by atoms with E-state index < -0.39 is 23.5 Å². The summed E-state index contributed by atoms with van der Waals surface area (Å²) in [6, 6.07) is 8.54. The average Bonchev–Trinajstić information content (AvgIpc) is 3.05. The molecule has 2 heterocycles. The van der Waals surface area contributed by atoms with Gasteiger partial charge in [0.2, 0.25) is 5.88 Å². The summed E-state index contributed by atoms with van der Waals surface area (Å²) in [5.74, 6) is -0.620. The number of hydrogen-bond donors (Lipinski definition) is 2. The fourth-order valence-corrected chi connectivity index (χ4v) is 5.17. The van der Waals surface area contributed by atoms with Gasteiger partial charge in [-0.25, -0.2) is 9.36 Å². The van der Waals surface area contributed by atoms with Crippen LogP contribution in [0.5, 0.6) is 11.6 Å². The highest BCUT2D eigenvalue weighted by Gasteiger charge is 2.44. The summed E-state index contributed by atoms with van der Waals surface area (Å²) in [5, 5.41) is 14.4. The van der Waals surface area contributed by atoms with Crippen LogP contribution in [0.2, 0.25) is 0 Å². The number of nitrogens with zero attached hydrogens (tertiary/aromatic N) is 3. The first kappa shape index (κ1) is 23.9. The molecule has 0 bridgehead atoms. The van der Waals surface area contributed by atoms with Gasteiger partial charge in [0.15, 0.2) is 0 Å². The fraction of sp³-hybridized carbons (Fsp3) is 0.417. The molecule has 0 aliphatic heterocycles. The Kier molecular flexibility index (Phi) is 6.44. The second-order valence-electron chi connectivity index (χ2n) is 8.49. The monoisotopic (exact) mass is 476 g/mol. The van der Waals surface area contributed by atoms with Gasteiger partial charge in [-0.3, -0.25) is 14.9 Å². The molecule has 0 radical (unpaired) electrons. The Morgan fingerprint density at radius 2 is 1.68 bits per heavy atom.